The molecule has 0 amide bonds. The van der Waals surface area contributed by atoms with Crippen LogP contribution in [0.25, 0.3) is 21.9 Å². The molecule has 3 rings (SSSR count). The van der Waals surface area contributed by atoms with E-state index in [0.29, 0.717) is 18.8 Å². The normalized spacial score (nSPS) is 12.0. The third-order valence-corrected chi connectivity index (χ3v) is 5.26. The predicted molar refractivity (Wildman–Crippen MR) is 118 cm³/mol. The van der Waals surface area contributed by atoms with Crippen molar-refractivity contribution in [3.05, 3.63) is 48.2 Å². The lowest BCUT2D eigenvalue weighted by molar-refractivity contribution is 0.0746. The molecule has 0 saturated carbocycles. The Morgan fingerprint density at radius 1 is 1.17 bits per heavy atom. The van der Waals surface area contributed by atoms with Gasteiger partial charge in [0, 0.05) is 35.8 Å². The van der Waals surface area contributed by atoms with Crippen LogP contribution in [0.15, 0.2) is 42.6 Å². The van der Waals surface area contributed by atoms with Gasteiger partial charge in [-0.05, 0) is 62.1 Å². The second kappa shape index (κ2) is 8.47. The molecule has 7 heteroatoms. The van der Waals surface area contributed by atoms with Crippen LogP contribution < -0.4 is 4.72 Å². The number of nitrogens with one attached hydrogen (secondary N) is 1. The average Bonchev–Trinajstić information content (AvgIpc) is 2.93. The average molecular weight is 417 g/mol. The summed E-state index contributed by atoms with van der Waals surface area (Å²) < 4.78 is 33.0. The van der Waals surface area contributed by atoms with Crippen LogP contribution >= 0.6 is 0 Å². The van der Waals surface area contributed by atoms with Crippen molar-refractivity contribution in [3.63, 3.8) is 0 Å². The number of benzene rings is 2. The van der Waals surface area contributed by atoms with Crippen LogP contribution in [0.1, 0.15) is 25.8 Å². The van der Waals surface area contributed by atoms with Crippen molar-refractivity contribution >= 4 is 26.5 Å². The summed E-state index contributed by atoms with van der Waals surface area (Å²) in [5.74, 6) is 0.265. The second-order valence-corrected chi connectivity index (χ2v) is 9.38. The molecule has 0 aliphatic rings. The van der Waals surface area contributed by atoms with Gasteiger partial charge in [0.05, 0.1) is 12.4 Å². The summed E-state index contributed by atoms with van der Waals surface area (Å²) in [5.41, 5.74) is 3.36. The van der Waals surface area contributed by atoms with Crippen molar-refractivity contribution in [2.24, 2.45) is 0 Å². The number of ether oxygens (including phenoxy) is 1. The fraction of sp³-hybridized carbons (Fsp3) is 0.364. The minimum absolute atomic E-state index is 0.199. The quantitative estimate of drug-likeness (QED) is 0.530. The summed E-state index contributed by atoms with van der Waals surface area (Å²) in [5, 5.41) is 12.4. The molecule has 1 heterocycles. The summed E-state index contributed by atoms with van der Waals surface area (Å²) in [6.45, 7) is 7.31. The standard InChI is InChI=1S/C22H28N2O4S/c1-15(2)28-10-6-9-24-14-19-12-18(11-16(3)21(19)22(24)25)17-7-5-8-20(13-17)23-29(4,26)27/h5,7-8,11-15,23,25H,6,9-10H2,1-4H3. The van der Waals surface area contributed by atoms with Crippen LogP contribution in [0.5, 0.6) is 5.88 Å². The SMILES string of the molecule is Cc1cc(-c2cccc(NS(C)(=O)=O)c2)cc2cn(CCCOC(C)C)c(O)c12. The Labute approximate surface area is 172 Å². The highest BCUT2D eigenvalue weighted by molar-refractivity contribution is 7.92. The number of aryl methyl sites for hydroxylation is 2. The first-order valence-corrected chi connectivity index (χ1v) is 11.6. The number of anilines is 1. The van der Waals surface area contributed by atoms with Crippen molar-refractivity contribution in [2.45, 2.75) is 39.8 Å². The highest BCUT2D eigenvalue weighted by Gasteiger charge is 2.13. The van der Waals surface area contributed by atoms with Gasteiger partial charge in [0.15, 0.2) is 5.88 Å². The maximum absolute atomic E-state index is 11.5. The Bertz CT molecular complexity index is 1120. The van der Waals surface area contributed by atoms with E-state index in [4.69, 9.17) is 4.74 Å². The zero-order valence-electron chi connectivity index (χ0n) is 17.3. The van der Waals surface area contributed by atoms with Gasteiger partial charge in [-0.3, -0.25) is 4.72 Å². The molecular formula is C22H28N2O4S. The molecule has 156 valence electrons. The molecule has 3 aromatic rings. The Morgan fingerprint density at radius 2 is 1.93 bits per heavy atom. The number of hydrogen-bond acceptors (Lipinski definition) is 4. The van der Waals surface area contributed by atoms with Gasteiger partial charge >= 0.3 is 0 Å². The van der Waals surface area contributed by atoms with Gasteiger partial charge in [0.1, 0.15) is 0 Å². The fourth-order valence-corrected chi connectivity index (χ4v) is 4.02. The van der Waals surface area contributed by atoms with Crippen molar-refractivity contribution in [1.29, 1.82) is 0 Å². The van der Waals surface area contributed by atoms with E-state index in [9.17, 15) is 13.5 Å². The van der Waals surface area contributed by atoms with Gasteiger partial charge in [0.25, 0.3) is 0 Å². The molecule has 1 aromatic heterocycles. The Balaban J connectivity index is 1.90. The maximum Gasteiger partial charge on any atom is 0.229 e. The highest BCUT2D eigenvalue weighted by Crippen LogP contribution is 2.35. The molecule has 29 heavy (non-hydrogen) atoms. The number of aromatic hydroxyl groups is 1. The van der Waals surface area contributed by atoms with Gasteiger partial charge in [-0.1, -0.05) is 18.2 Å². The lowest BCUT2D eigenvalue weighted by atomic mass is 9.99. The van der Waals surface area contributed by atoms with Crippen molar-refractivity contribution < 1.29 is 18.3 Å². The highest BCUT2D eigenvalue weighted by atomic mass is 32.2. The molecule has 0 unspecified atom stereocenters. The van der Waals surface area contributed by atoms with E-state index < -0.39 is 10.0 Å². The monoisotopic (exact) mass is 416 g/mol. The van der Waals surface area contributed by atoms with E-state index in [-0.39, 0.29) is 12.0 Å². The molecule has 0 bridgehead atoms. The van der Waals surface area contributed by atoms with Crippen molar-refractivity contribution in [1.82, 2.24) is 4.57 Å². The summed E-state index contributed by atoms with van der Waals surface area (Å²) in [4.78, 5) is 0. The van der Waals surface area contributed by atoms with Crippen LogP contribution in [-0.2, 0) is 21.3 Å². The summed E-state index contributed by atoms with van der Waals surface area (Å²) in [6, 6.07) is 11.3. The molecule has 0 saturated heterocycles. The Morgan fingerprint density at radius 3 is 2.62 bits per heavy atom. The van der Waals surface area contributed by atoms with Gasteiger partial charge in [-0.15, -0.1) is 0 Å². The summed E-state index contributed by atoms with van der Waals surface area (Å²) >= 11 is 0. The number of sulfonamides is 1. The molecule has 0 radical (unpaired) electrons. The third kappa shape index (κ3) is 5.31. The van der Waals surface area contributed by atoms with Crippen molar-refractivity contribution in [3.8, 4) is 17.0 Å². The maximum atomic E-state index is 11.5. The fourth-order valence-electron chi connectivity index (χ4n) is 3.46. The first kappa shape index (κ1) is 21.2. The molecule has 0 atom stereocenters. The number of hydrogen-bond donors (Lipinski definition) is 2. The second-order valence-electron chi connectivity index (χ2n) is 7.63. The minimum Gasteiger partial charge on any atom is -0.494 e. The van der Waals surface area contributed by atoms with E-state index in [1.54, 1.807) is 6.07 Å². The first-order valence-electron chi connectivity index (χ1n) is 9.66. The number of nitrogens with zero attached hydrogens (tertiary/aromatic N) is 1. The topological polar surface area (TPSA) is 80.6 Å². The molecule has 0 aliphatic carbocycles. The zero-order valence-corrected chi connectivity index (χ0v) is 18.1. The number of aromatic nitrogens is 1. The number of rotatable bonds is 8. The minimum atomic E-state index is -3.33. The van der Waals surface area contributed by atoms with Crippen LogP contribution in [0.3, 0.4) is 0 Å². The van der Waals surface area contributed by atoms with Gasteiger partial charge < -0.3 is 14.4 Å². The van der Waals surface area contributed by atoms with Crippen molar-refractivity contribution in [2.75, 3.05) is 17.6 Å². The number of fused-ring (bicyclic) bond motifs is 1. The molecule has 2 N–H and O–H groups in total. The van der Waals surface area contributed by atoms with E-state index in [2.05, 4.69) is 4.72 Å². The molecule has 0 aliphatic heterocycles. The van der Waals surface area contributed by atoms with Crippen LogP contribution in [0.2, 0.25) is 0 Å². The van der Waals surface area contributed by atoms with E-state index in [1.165, 1.54) is 0 Å². The van der Waals surface area contributed by atoms with E-state index in [1.807, 2.05) is 61.9 Å². The predicted octanol–water partition coefficient (Wildman–Crippen LogP) is 4.51. The van der Waals surface area contributed by atoms with Crippen LogP contribution in [0.4, 0.5) is 5.69 Å². The molecule has 6 nitrogen and oxygen atoms in total. The molecule has 2 aromatic carbocycles. The Kier molecular flexibility index (Phi) is 6.19. The van der Waals surface area contributed by atoms with Gasteiger partial charge in [0.2, 0.25) is 10.0 Å². The molecular weight excluding hydrogens is 388 g/mol. The Hall–Kier alpha value is -2.51. The summed E-state index contributed by atoms with van der Waals surface area (Å²) in [6.07, 6.45) is 4.10. The first-order chi connectivity index (χ1) is 13.6. The van der Waals surface area contributed by atoms with Crippen LogP contribution in [-0.4, -0.2) is 37.1 Å². The largest absolute Gasteiger partial charge is 0.494 e. The van der Waals surface area contributed by atoms with Gasteiger partial charge in [-0.2, -0.15) is 0 Å². The third-order valence-electron chi connectivity index (χ3n) is 4.65. The smallest absolute Gasteiger partial charge is 0.229 e. The molecule has 0 fully saturated rings. The molecule has 0 spiro atoms. The zero-order chi connectivity index (χ0) is 21.2. The van der Waals surface area contributed by atoms with Gasteiger partial charge in [-0.25, -0.2) is 8.42 Å². The van der Waals surface area contributed by atoms with E-state index in [0.717, 1.165) is 40.1 Å². The lowest BCUT2D eigenvalue weighted by Gasteiger charge is -2.09. The summed E-state index contributed by atoms with van der Waals surface area (Å²) in [7, 11) is -3.33. The lowest BCUT2D eigenvalue weighted by Crippen LogP contribution is -2.09. The van der Waals surface area contributed by atoms with Crippen LogP contribution in [0, 0.1) is 6.92 Å². The van der Waals surface area contributed by atoms with E-state index >= 15 is 0 Å².